The summed E-state index contributed by atoms with van der Waals surface area (Å²) in [6, 6.07) is 107. The highest BCUT2D eigenvalue weighted by Gasteiger charge is 2.32. The second-order valence-corrected chi connectivity index (χ2v) is 22.5. The zero-order chi connectivity index (χ0) is 57.1. The van der Waals surface area contributed by atoms with Gasteiger partial charge in [0.05, 0.1) is 50.2 Å². The molecule has 0 atom stereocenters. The molecular formula is C80H49N7. The molecule has 5 heterocycles. The van der Waals surface area contributed by atoms with Crippen LogP contribution in [0.5, 0.6) is 0 Å². The first kappa shape index (κ1) is 48.7. The van der Waals surface area contributed by atoms with Gasteiger partial charge in [-0.3, -0.25) is 4.57 Å². The summed E-state index contributed by atoms with van der Waals surface area (Å²) >= 11 is 0. The van der Waals surface area contributed by atoms with E-state index in [2.05, 4.69) is 275 Å². The molecule has 0 unspecified atom stereocenters. The van der Waals surface area contributed by atoms with Gasteiger partial charge in [0.2, 0.25) is 0 Å². The van der Waals surface area contributed by atoms with Crippen molar-refractivity contribution < 1.29 is 0 Å². The molecule has 0 aliphatic carbocycles. The number of hydrogen-bond donors (Lipinski definition) is 0. The zero-order valence-corrected chi connectivity index (χ0v) is 46.9. The van der Waals surface area contributed by atoms with E-state index in [-0.39, 0.29) is 0 Å². The summed E-state index contributed by atoms with van der Waals surface area (Å²) in [6.07, 6.45) is 0. The maximum atomic E-state index is 6.35. The second kappa shape index (κ2) is 19.4. The van der Waals surface area contributed by atoms with Gasteiger partial charge < -0.3 is 9.13 Å². The molecule has 7 heteroatoms. The van der Waals surface area contributed by atoms with Crippen molar-refractivity contribution in [1.82, 2.24) is 33.6 Å². The molecule has 7 nitrogen and oxygen atoms in total. The highest BCUT2D eigenvalue weighted by atomic mass is 15.1. The van der Waals surface area contributed by atoms with Gasteiger partial charge in [-0.15, -0.1) is 0 Å². The summed E-state index contributed by atoms with van der Waals surface area (Å²) in [6.45, 7) is 0. The van der Waals surface area contributed by atoms with Crippen LogP contribution in [0.3, 0.4) is 0 Å². The van der Waals surface area contributed by atoms with E-state index < -0.39 is 0 Å². The number of pyridine rings is 1. The van der Waals surface area contributed by atoms with Crippen LogP contribution in [0.25, 0.3) is 171 Å². The van der Waals surface area contributed by atoms with Crippen LogP contribution >= 0.6 is 0 Å². The highest BCUT2D eigenvalue weighted by Crippen LogP contribution is 2.50. The average molecular weight is 1110 g/mol. The van der Waals surface area contributed by atoms with Gasteiger partial charge in [-0.05, 0) is 92.5 Å². The molecule has 0 aliphatic heterocycles. The SMILES string of the molecule is c1ccc(-c2nc(-c3ccccc3)nc(-c3ccc(-c4c(-n5c6ccccc6c6cc7ccccc7cc65)c(-c5ccccc5)nc(-n5c6ccccc6c6cc7ccccc7cc65)c4-n4c5ccccc5c5cc6ccccc6cc54)cc3)n2)cc1. The molecule has 0 fully saturated rings. The van der Waals surface area contributed by atoms with Gasteiger partial charge in [0, 0.05) is 60.1 Å². The minimum absolute atomic E-state index is 0.580. The maximum absolute atomic E-state index is 6.35. The Morgan fingerprint density at radius 2 is 0.517 bits per heavy atom. The number of nitrogens with zero attached hydrogens (tertiary/aromatic N) is 7. The van der Waals surface area contributed by atoms with Crippen molar-refractivity contribution in [2.24, 2.45) is 0 Å². The van der Waals surface area contributed by atoms with Gasteiger partial charge in [0.15, 0.2) is 23.3 Å². The number of rotatable bonds is 8. The van der Waals surface area contributed by atoms with E-state index in [0.29, 0.717) is 17.5 Å². The van der Waals surface area contributed by atoms with E-state index >= 15 is 0 Å². The van der Waals surface area contributed by atoms with Crippen LogP contribution in [0.4, 0.5) is 0 Å². The predicted octanol–water partition coefficient (Wildman–Crippen LogP) is 20.4. The normalized spacial score (nSPS) is 11.9. The summed E-state index contributed by atoms with van der Waals surface area (Å²) in [5.41, 5.74) is 14.8. The third-order valence-electron chi connectivity index (χ3n) is 17.6. The van der Waals surface area contributed by atoms with Crippen molar-refractivity contribution in [2.45, 2.75) is 0 Å². The summed E-state index contributed by atoms with van der Waals surface area (Å²) in [5.74, 6) is 2.58. The fraction of sp³-hybridized carbons (Fsp3) is 0. The van der Waals surface area contributed by atoms with Gasteiger partial charge in [-0.1, -0.05) is 243 Å². The number of benzene rings is 13. The summed E-state index contributed by atoms with van der Waals surface area (Å²) in [5, 5.41) is 13.9. The Morgan fingerprint density at radius 1 is 0.207 bits per heavy atom. The molecule has 0 radical (unpaired) electrons. The van der Waals surface area contributed by atoms with Gasteiger partial charge in [0.1, 0.15) is 0 Å². The molecule has 5 aromatic heterocycles. The van der Waals surface area contributed by atoms with Gasteiger partial charge >= 0.3 is 0 Å². The fourth-order valence-corrected chi connectivity index (χ4v) is 13.6. The van der Waals surface area contributed by atoms with Crippen molar-refractivity contribution in [3.8, 4) is 73.7 Å². The largest absolute Gasteiger partial charge is 0.306 e. The van der Waals surface area contributed by atoms with E-state index in [9.17, 15) is 0 Å². The smallest absolute Gasteiger partial charge is 0.164 e. The Morgan fingerprint density at radius 3 is 0.943 bits per heavy atom. The molecule has 0 saturated heterocycles. The highest BCUT2D eigenvalue weighted by molar-refractivity contribution is 6.18. The van der Waals surface area contributed by atoms with Gasteiger partial charge in [-0.25, -0.2) is 19.9 Å². The van der Waals surface area contributed by atoms with Crippen molar-refractivity contribution >= 4 is 97.7 Å². The maximum Gasteiger partial charge on any atom is 0.164 e. The van der Waals surface area contributed by atoms with Crippen LogP contribution in [-0.4, -0.2) is 33.6 Å². The second-order valence-electron chi connectivity index (χ2n) is 22.5. The lowest BCUT2D eigenvalue weighted by atomic mass is 9.95. The molecule has 18 aromatic rings. The van der Waals surface area contributed by atoms with Crippen LogP contribution in [0.15, 0.2) is 297 Å². The first-order chi connectivity index (χ1) is 43.1. The van der Waals surface area contributed by atoms with Crippen LogP contribution in [-0.2, 0) is 0 Å². The van der Waals surface area contributed by atoms with E-state index in [4.69, 9.17) is 19.9 Å². The van der Waals surface area contributed by atoms with Gasteiger partial charge in [-0.2, -0.15) is 0 Å². The van der Waals surface area contributed by atoms with Crippen molar-refractivity contribution in [2.75, 3.05) is 0 Å². The molecule has 404 valence electrons. The number of para-hydroxylation sites is 3. The number of fused-ring (bicyclic) bond motifs is 12. The van der Waals surface area contributed by atoms with Crippen LogP contribution in [0.1, 0.15) is 0 Å². The molecule has 18 rings (SSSR count). The molecule has 13 aromatic carbocycles. The monoisotopic (exact) mass is 1110 g/mol. The van der Waals surface area contributed by atoms with Crippen LogP contribution < -0.4 is 0 Å². The minimum Gasteiger partial charge on any atom is -0.306 e. The lowest BCUT2D eigenvalue weighted by Crippen LogP contribution is -2.13. The van der Waals surface area contributed by atoms with Crippen molar-refractivity contribution in [3.05, 3.63) is 297 Å². The first-order valence-electron chi connectivity index (χ1n) is 29.5. The quantitative estimate of drug-likeness (QED) is 0.152. The molecule has 0 N–H and O–H groups in total. The summed E-state index contributed by atoms with van der Waals surface area (Å²) < 4.78 is 7.48. The lowest BCUT2D eigenvalue weighted by molar-refractivity contribution is 1.01. The van der Waals surface area contributed by atoms with Gasteiger partial charge in [0.25, 0.3) is 0 Å². The Labute approximate surface area is 499 Å². The topological polar surface area (TPSA) is 66.3 Å². The summed E-state index contributed by atoms with van der Waals surface area (Å²) in [7, 11) is 0. The number of aromatic nitrogens is 7. The van der Waals surface area contributed by atoms with Crippen molar-refractivity contribution in [1.29, 1.82) is 0 Å². The molecule has 0 spiro atoms. The Balaban J connectivity index is 1.05. The van der Waals surface area contributed by atoms with Crippen LogP contribution in [0, 0.1) is 0 Å². The van der Waals surface area contributed by atoms with E-state index in [1.165, 1.54) is 16.2 Å². The van der Waals surface area contributed by atoms with E-state index in [1.54, 1.807) is 0 Å². The zero-order valence-electron chi connectivity index (χ0n) is 46.9. The standard InChI is InChI=1S/C80H49N7/c1-4-22-51(23-5-1)74-75(85-67-37-19-16-34-61(67)64-44-55-28-10-13-31-58(55)47-70(64)85)73(50-40-42-54(43-41-50)79-83-77(52-24-6-2-7-25-52)82-78(84-79)53-26-8-3-9-27-53)76(86-68-38-20-17-35-62(68)65-45-56-29-11-14-32-59(56)48-71(65)86)80(81-74)87-69-39-21-18-36-63(69)66-46-57-30-12-15-33-60(57)49-72(66)87/h1-49H. The third-order valence-corrected chi connectivity index (χ3v) is 17.6. The van der Waals surface area contributed by atoms with Crippen molar-refractivity contribution in [3.63, 3.8) is 0 Å². The summed E-state index contributed by atoms with van der Waals surface area (Å²) in [4.78, 5) is 21.9. The predicted molar refractivity (Wildman–Crippen MR) is 360 cm³/mol. The average Bonchev–Trinajstić information content (AvgIpc) is 1.67. The Hall–Kier alpha value is -11.8. The molecule has 0 amide bonds. The Bertz CT molecular complexity index is 5750. The Kier molecular flexibility index (Phi) is 10.9. The molecule has 0 aliphatic rings. The minimum atomic E-state index is 0.580. The molecule has 87 heavy (non-hydrogen) atoms. The number of hydrogen-bond acceptors (Lipinski definition) is 4. The molecular weight excluding hydrogens is 1060 g/mol. The molecule has 0 bridgehead atoms. The van der Waals surface area contributed by atoms with E-state index in [0.717, 1.165) is 138 Å². The third kappa shape index (κ3) is 7.69. The van der Waals surface area contributed by atoms with Crippen LogP contribution in [0.2, 0.25) is 0 Å². The lowest BCUT2D eigenvalue weighted by Gasteiger charge is -2.26. The molecule has 0 saturated carbocycles. The fourth-order valence-electron chi connectivity index (χ4n) is 13.6. The van der Waals surface area contributed by atoms with E-state index in [1.807, 2.05) is 36.4 Å². The first-order valence-corrected chi connectivity index (χ1v) is 29.5.